The van der Waals surface area contributed by atoms with Crippen molar-refractivity contribution in [1.29, 1.82) is 0 Å². The van der Waals surface area contributed by atoms with Crippen LogP contribution in [-0.4, -0.2) is 101 Å². The number of methoxy groups -OCH3 is 1. The Labute approximate surface area is 364 Å². The number of hydrogen-bond acceptors (Lipinski definition) is 10. The maximum atomic E-state index is 17.7. The minimum Gasteiger partial charge on any atom is -0.461 e. The number of hydrogen-bond donors (Lipinski definition) is 1. The number of aromatic nitrogens is 3. The lowest BCUT2D eigenvalue weighted by molar-refractivity contribution is -0.137. The summed E-state index contributed by atoms with van der Waals surface area (Å²) >= 11 is 0. The quantitative estimate of drug-likeness (QED) is 0.0744. The number of piperidine rings is 1. The Bertz CT molecular complexity index is 2620. The summed E-state index contributed by atoms with van der Waals surface area (Å²) in [5.41, 5.74) is -1.32. The Kier molecular flexibility index (Phi) is 11.5. The van der Waals surface area contributed by atoms with E-state index in [1.165, 1.54) is 48.5 Å². The minimum absolute atomic E-state index is 0.00141. The van der Waals surface area contributed by atoms with Gasteiger partial charge in [0.1, 0.15) is 41.4 Å². The number of benzene rings is 3. The van der Waals surface area contributed by atoms with Crippen LogP contribution in [0.2, 0.25) is 0 Å². The molecule has 0 saturated carbocycles. The third-order valence-electron chi connectivity index (χ3n) is 13.2. The van der Waals surface area contributed by atoms with Gasteiger partial charge in [-0.1, -0.05) is 12.1 Å². The van der Waals surface area contributed by atoms with Gasteiger partial charge in [0.05, 0.1) is 28.6 Å². The van der Waals surface area contributed by atoms with Gasteiger partial charge in [-0.05, 0) is 116 Å². The Morgan fingerprint density at radius 2 is 1.81 bits per heavy atom. The second-order valence-corrected chi connectivity index (χ2v) is 17.6. The molecule has 2 amide bonds. The van der Waals surface area contributed by atoms with E-state index in [-0.39, 0.29) is 96.5 Å². The van der Waals surface area contributed by atoms with Crippen LogP contribution in [0.3, 0.4) is 0 Å². The van der Waals surface area contributed by atoms with Gasteiger partial charge in [-0.2, -0.15) is 23.1 Å². The maximum absolute atomic E-state index is 17.7. The lowest BCUT2D eigenvalue weighted by atomic mass is 9.90. The van der Waals surface area contributed by atoms with Gasteiger partial charge >= 0.3 is 18.3 Å². The van der Waals surface area contributed by atoms with Crippen LogP contribution >= 0.6 is 0 Å². The van der Waals surface area contributed by atoms with E-state index in [0.717, 1.165) is 50.9 Å². The van der Waals surface area contributed by atoms with Gasteiger partial charge in [-0.15, -0.1) is 0 Å². The summed E-state index contributed by atoms with van der Waals surface area (Å²) in [6, 6.07) is 8.80. The zero-order valence-corrected chi connectivity index (χ0v) is 35.4. The van der Waals surface area contributed by atoms with Crippen LogP contribution in [0.25, 0.3) is 32.9 Å². The fraction of sp³-hybridized carbons (Fsp3) is 0.457. The fourth-order valence-corrected chi connectivity index (χ4v) is 10.2. The minimum atomic E-state index is -4.56. The molecule has 4 aliphatic heterocycles. The predicted octanol–water partition coefficient (Wildman–Crippen LogP) is 8.30. The molecule has 0 aliphatic carbocycles. The Morgan fingerprint density at radius 1 is 1.03 bits per heavy atom. The number of nitrogens with one attached hydrogen (secondary N) is 1. The van der Waals surface area contributed by atoms with Gasteiger partial charge in [0, 0.05) is 51.5 Å². The van der Waals surface area contributed by atoms with E-state index in [9.17, 15) is 22.8 Å². The summed E-state index contributed by atoms with van der Waals surface area (Å²) in [5.74, 6) is -1.39. The predicted molar refractivity (Wildman–Crippen MR) is 225 cm³/mol. The molecule has 9 rings (SSSR count). The number of alkyl halides is 4. The molecule has 0 spiro atoms. The average molecular weight is 892 g/mol. The number of pyridine rings is 1. The largest absolute Gasteiger partial charge is 0.461 e. The summed E-state index contributed by atoms with van der Waals surface area (Å²) in [6.07, 6.45) is -0.411. The Morgan fingerprint density at radius 3 is 2.56 bits per heavy atom. The fourth-order valence-electron chi connectivity index (χ4n) is 10.2. The molecule has 2 aromatic heterocycles. The number of amides is 2. The van der Waals surface area contributed by atoms with Crippen LogP contribution < -0.4 is 19.7 Å². The third kappa shape index (κ3) is 8.25. The molecule has 4 aliphatic rings. The monoisotopic (exact) mass is 891 g/mol. The van der Waals surface area contributed by atoms with Gasteiger partial charge in [0.15, 0.2) is 5.82 Å². The maximum Gasteiger partial charge on any atom is 0.416 e. The standard InChI is InChI=1S/C46H47F6N7O5/c1-44(54-26-60)19-31(47)23-58(24-44)41-35-20-53-39(38(49)40(35)55-42(56-41)63-25-45-11-4-13-59(45)14-5-12-45)34-18-32(17-27-8-10-36(48)33(37(27)34)6-3-15-62-2)64-43(61)57-21-28-7-9-30(46(50,51)52)16-29(28)22-57/h7-10,16-18,20,26,31H,3-6,11-15,19,21-25H2,1-2H3,(H,54,60). The molecule has 3 fully saturated rings. The molecule has 0 bridgehead atoms. The van der Waals surface area contributed by atoms with Crippen LogP contribution in [0, 0.1) is 11.6 Å². The van der Waals surface area contributed by atoms with Crippen LogP contribution in [0.15, 0.2) is 48.7 Å². The topological polar surface area (TPSA) is 122 Å². The average Bonchev–Trinajstić information content (AvgIpc) is 3.98. The molecule has 0 radical (unpaired) electrons. The normalized spacial score (nSPS) is 20.8. The van der Waals surface area contributed by atoms with Crippen molar-refractivity contribution in [2.24, 2.45) is 0 Å². The van der Waals surface area contributed by atoms with E-state index in [4.69, 9.17) is 19.2 Å². The summed E-state index contributed by atoms with van der Waals surface area (Å²) in [7, 11) is 1.52. The van der Waals surface area contributed by atoms with Gasteiger partial charge in [-0.3, -0.25) is 19.6 Å². The zero-order valence-electron chi connectivity index (χ0n) is 35.4. The number of nitrogens with zero attached hydrogens (tertiary/aromatic N) is 6. The van der Waals surface area contributed by atoms with E-state index in [0.29, 0.717) is 41.3 Å². The lowest BCUT2D eigenvalue weighted by Crippen LogP contribution is -2.58. The summed E-state index contributed by atoms with van der Waals surface area (Å²) in [6.45, 7) is 4.04. The number of ether oxygens (including phenoxy) is 3. The van der Waals surface area contributed by atoms with Gasteiger partial charge < -0.3 is 24.4 Å². The van der Waals surface area contributed by atoms with E-state index >= 15 is 13.2 Å². The first kappa shape index (κ1) is 43.5. The van der Waals surface area contributed by atoms with Crippen LogP contribution in [0.1, 0.15) is 67.7 Å². The lowest BCUT2D eigenvalue weighted by Gasteiger charge is -2.42. The van der Waals surface area contributed by atoms with Crippen molar-refractivity contribution < 1.29 is 50.1 Å². The molecular formula is C46H47F6N7O5. The molecule has 3 aromatic carbocycles. The first-order chi connectivity index (χ1) is 30.7. The molecule has 5 aromatic rings. The molecule has 18 heteroatoms. The Balaban J connectivity index is 1.15. The highest BCUT2D eigenvalue weighted by Crippen LogP contribution is 2.43. The summed E-state index contributed by atoms with van der Waals surface area (Å²) in [4.78, 5) is 44.5. The van der Waals surface area contributed by atoms with E-state index in [2.05, 4.69) is 20.2 Å². The molecule has 338 valence electrons. The third-order valence-corrected chi connectivity index (χ3v) is 13.2. The van der Waals surface area contributed by atoms with Crippen LogP contribution in [0.4, 0.5) is 37.0 Å². The van der Waals surface area contributed by atoms with Crippen molar-refractivity contribution in [2.45, 2.75) is 88.4 Å². The smallest absolute Gasteiger partial charge is 0.416 e. The van der Waals surface area contributed by atoms with Crippen LogP contribution in [0.5, 0.6) is 11.8 Å². The highest BCUT2D eigenvalue weighted by molar-refractivity contribution is 6.02. The van der Waals surface area contributed by atoms with Crippen molar-refractivity contribution in [3.8, 4) is 23.0 Å². The number of aryl methyl sites for hydroxylation is 1. The first-order valence-electron chi connectivity index (χ1n) is 21.4. The first-order valence-corrected chi connectivity index (χ1v) is 21.4. The zero-order chi connectivity index (χ0) is 45.0. The Hall–Kier alpha value is -5.75. The van der Waals surface area contributed by atoms with Gasteiger partial charge in [-0.25, -0.2) is 18.0 Å². The van der Waals surface area contributed by atoms with E-state index in [1.54, 1.807) is 11.8 Å². The van der Waals surface area contributed by atoms with Crippen LogP contribution in [-0.2, 0) is 35.2 Å². The molecule has 12 nitrogen and oxygen atoms in total. The van der Waals surface area contributed by atoms with Crippen molar-refractivity contribution in [3.63, 3.8) is 0 Å². The van der Waals surface area contributed by atoms with Gasteiger partial charge in [0.25, 0.3) is 0 Å². The van der Waals surface area contributed by atoms with Crippen molar-refractivity contribution in [1.82, 2.24) is 30.1 Å². The van der Waals surface area contributed by atoms with Crippen molar-refractivity contribution >= 4 is 40.0 Å². The van der Waals surface area contributed by atoms with E-state index in [1.807, 2.05) is 0 Å². The number of anilines is 1. The second-order valence-electron chi connectivity index (χ2n) is 17.6. The summed E-state index contributed by atoms with van der Waals surface area (Å²) < 4.78 is 107. The van der Waals surface area contributed by atoms with Crippen molar-refractivity contribution in [3.05, 3.63) is 82.5 Å². The molecule has 6 heterocycles. The second kappa shape index (κ2) is 17.0. The number of halogens is 6. The number of carbonyl (C=O) groups is 2. The summed E-state index contributed by atoms with van der Waals surface area (Å²) in [5, 5.41) is 3.56. The SMILES string of the molecule is COCCCc1c(F)ccc2cc(OC(=O)N3Cc4ccc(C(F)(F)F)cc4C3)cc(-c3ncc4c(N5CC(F)CC(C)(NC=O)C5)nc(OCC56CCCN5CCC6)nc4c3F)c12. The highest BCUT2D eigenvalue weighted by Gasteiger charge is 2.45. The molecule has 3 saturated heterocycles. The number of carbonyl (C=O) groups excluding carboxylic acids is 2. The van der Waals surface area contributed by atoms with Crippen molar-refractivity contribution in [2.75, 3.05) is 51.4 Å². The van der Waals surface area contributed by atoms with Gasteiger partial charge in [0.2, 0.25) is 6.41 Å². The van der Waals surface area contributed by atoms with E-state index < -0.39 is 41.2 Å². The molecule has 1 N–H and O–H groups in total. The number of fused-ring (bicyclic) bond motifs is 4. The molecule has 64 heavy (non-hydrogen) atoms. The molecule has 2 unspecified atom stereocenters. The molecular weight excluding hydrogens is 845 g/mol. The number of rotatable bonds is 12. The molecule has 2 atom stereocenters. The highest BCUT2D eigenvalue weighted by atomic mass is 19.4.